The van der Waals surface area contributed by atoms with Crippen LogP contribution in [0.2, 0.25) is 0 Å². The Morgan fingerprint density at radius 2 is 1.63 bits per heavy atom. The quantitative estimate of drug-likeness (QED) is 0.706. The van der Waals surface area contributed by atoms with Gasteiger partial charge in [0, 0.05) is 11.3 Å². The van der Waals surface area contributed by atoms with Gasteiger partial charge in [-0.25, -0.2) is 8.42 Å². The number of rotatable bonds is 5. The minimum Gasteiger partial charge on any atom is -0.322 e. The number of benzene rings is 2. The van der Waals surface area contributed by atoms with E-state index in [2.05, 4.69) is 15.0 Å². The molecule has 3 aromatic rings. The van der Waals surface area contributed by atoms with Crippen LogP contribution in [-0.4, -0.2) is 25.6 Å². The van der Waals surface area contributed by atoms with Crippen molar-refractivity contribution in [3.63, 3.8) is 0 Å². The second-order valence-electron chi connectivity index (χ2n) is 6.10. The Morgan fingerprint density at radius 3 is 2.30 bits per heavy atom. The molecule has 1 amide bonds. The maximum Gasteiger partial charge on any atom is 0.257 e. The maximum absolute atomic E-state index is 12.6. The number of carbonyl (C=O) groups excluding carboxylic acids is 1. The highest BCUT2D eigenvalue weighted by Crippen LogP contribution is 2.20. The third kappa shape index (κ3) is 4.92. The number of aryl methyl sites for hydroxylation is 1. The average Bonchev–Trinajstić information content (AvgIpc) is 2.61. The molecule has 27 heavy (non-hydrogen) atoms. The van der Waals surface area contributed by atoms with Crippen molar-refractivity contribution in [3.8, 4) is 11.3 Å². The van der Waals surface area contributed by atoms with Crippen molar-refractivity contribution < 1.29 is 13.2 Å². The van der Waals surface area contributed by atoms with Crippen molar-refractivity contribution >= 4 is 27.3 Å². The van der Waals surface area contributed by atoms with Gasteiger partial charge in [0.15, 0.2) is 0 Å². The molecule has 0 aliphatic carbocycles. The van der Waals surface area contributed by atoms with Gasteiger partial charge in [-0.05, 0) is 37.3 Å². The molecule has 0 spiro atoms. The first-order chi connectivity index (χ1) is 12.8. The molecule has 7 heteroatoms. The molecule has 0 aliphatic heterocycles. The van der Waals surface area contributed by atoms with Crippen LogP contribution < -0.4 is 10.0 Å². The summed E-state index contributed by atoms with van der Waals surface area (Å²) in [7, 11) is -3.39. The number of aromatic nitrogens is 1. The smallest absolute Gasteiger partial charge is 0.257 e. The SMILES string of the molecule is Cc1nc(-c2ccccc2)ccc1C(=O)Nc1cccc(NS(C)(=O)=O)c1. The molecular formula is C20H19N3O3S. The van der Waals surface area contributed by atoms with Gasteiger partial charge in [-0.2, -0.15) is 0 Å². The second kappa shape index (κ2) is 7.59. The van der Waals surface area contributed by atoms with Crippen LogP contribution in [0.4, 0.5) is 11.4 Å². The van der Waals surface area contributed by atoms with Crippen molar-refractivity contribution in [2.24, 2.45) is 0 Å². The van der Waals surface area contributed by atoms with E-state index in [1.165, 1.54) is 0 Å². The summed E-state index contributed by atoms with van der Waals surface area (Å²) < 4.78 is 25.1. The van der Waals surface area contributed by atoms with E-state index in [0.717, 1.165) is 17.5 Å². The zero-order valence-corrected chi connectivity index (χ0v) is 15.7. The van der Waals surface area contributed by atoms with Gasteiger partial charge in [-0.1, -0.05) is 36.4 Å². The van der Waals surface area contributed by atoms with Gasteiger partial charge >= 0.3 is 0 Å². The van der Waals surface area contributed by atoms with Crippen LogP contribution in [0, 0.1) is 6.92 Å². The normalized spacial score (nSPS) is 11.0. The molecule has 0 saturated heterocycles. The van der Waals surface area contributed by atoms with Crippen LogP contribution in [0.25, 0.3) is 11.3 Å². The topological polar surface area (TPSA) is 88.2 Å². The summed E-state index contributed by atoms with van der Waals surface area (Å²) in [6, 6.07) is 19.8. The summed E-state index contributed by atoms with van der Waals surface area (Å²) in [6.07, 6.45) is 1.07. The molecular weight excluding hydrogens is 362 g/mol. The summed E-state index contributed by atoms with van der Waals surface area (Å²) >= 11 is 0. The van der Waals surface area contributed by atoms with Crippen LogP contribution in [-0.2, 0) is 10.0 Å². The number of amides is 1. The standard InChI is InChI=1S/C20H19N3O3S/c1-14-18(11-12-19(21-14)15-7-4-3-5-8-15)20(24)22-16-9-6-10-17(13-16)23-27(2,25)26/h3-13,23H,1-2H3,(H,22,24). The van der Waals surface area contributed by atoms with Gasteiger partial charge in [0.2, 0.25) is 10.0 Å². The molecule has 138 valence electrons. The minimum atomic E-state index is -3.39. The molecule has 1 aromatic heterocycles. The van der Waals surface area contributed by atoms with E-state index in [0.29, 0.717) is 22.6 Å². The molecule has 0 bridgehead atoms. The average molecular weight is 381 g/mol. The third-order valence-electron chi connectivity index (χ3n) is 3.82. The summed E-state index contributed by atoms with van der Waals surface area (Å²) in [4.78, 5) is 17.1. The van der Waals surface area contributed by atoms with Crippen LogP contribution in [0.1, 0.15) is 16.1 Å². The molecule has 0 radical (unpaired) electrons. The lowest BCUT2D eigenvalue weighted by Gasteiger charge is -2.10. The van der Waals surface area contributed by atoms with Crippen LogP contribution >= 0.6 is 0 Å². The van der Waals surface area contributed by atoms with Gasteiger partial charge in [-0.3, -0.25) is 14.5 Å². The second-order valence-corrected chi connectivity index (χ2v) is 7.85. The third-order valence-corrected chi connectivity index (χ3v) is 4.43. The number of hydrogen-bond acceptors (Lipinski definition) is 4. The van der Waals surface area contributed by atoms with E-state index in [1.54, 1.807) is 43.3 Å². The molecule has 0 saturated carbocycles. The van der Waals surface area contributed by atoms with Crippen molar-refractivity contribution in [1.29, 1.82) is 0 Å². The Kier molecular flexibility index (Phi) is 5.23. The van der Waals surface area contributed by atoms with Gasteiger partial charge in [-0.15, -0.1) is 0 Å². The summed E-state index contributed by atoms with van der Waals surface area (Å²) in [6.45, 7) is 1.78. The lowest BCUT2D eigenvalue weighted by atomic mass is 10.1. The van der Waals surface area contributed by atoms with Crippen LogP contribution in [0.3, 0.4) is 0 Å². The monoisotopic (exact) mass is 381 g/mol. The molecule has 0 fully saturated rings. The first-order valence-electron chi connectivity index (χ1n) is 8.24. The zero-order valence-electron chi connectivity index (χ0n) is 14.9. The molecule has 3 rings (SSSR count). The number of nitrogens with zero attached hydrogens (tertiary/aromatic N) is 1. The molecule has 2 aromatic carbocycles. The van der Waals surface area contributed by atoms with E-state index in [-0.39, 0.29) is 5.91 Å². The predicted molar refractivity (Wildman–Crippen MR) is 107 cm³/mol. The van der Waals surface area contributed by atoms with Crippen molar-refractivity contribution in [2.45, 2.75) is 6.92 Å². The Balaban J connectivity index is 1.80. The van der Waals surface area contributed by atoms with E-state index in [1.807, 2.05) is 30.3 Å². The number of anilines is 2. The highest BCUT2D eigenvalue weighted by molar-refractivity contribution is 7.92. The van der Waals surface area contributed by atoms with Crippen LogP contribution in [0.15, 0.2) is 66.7 Å². The van der Waals surface area contributed by atoms with Crippen molar-refractivity contribution in [1.82, 2.24) is 4.98 Å². The van der Waals surface area contributed by atoms with Gasteiger partial charge in [0.05, 0.1) is 28.9 Å². The number of sulfonamides is 1. The Morgan fingerprint density at radius 1 is 0.926 bits per heavy atom. The zero-order chi connectivity index (χ0) is 19.4. The largest absolute Gasteiger partial charge is 0.322 e. The van der Waals surface area contributed by atoms with Gasteiger partial charge in [0.1, 0.15) is 0 Å². The van der Waals surface area contributed by atoms with Crippen molar-refractivity contribution in [2.75, 3.05) is 16.3 Å². The summed E-state index contributed by atoms with van der Waals surface area (Å²) in [5.74, 6) is -0.309. The lowest BCUT2D eigenvalue weighted by molar-refractivity contribution is 0.102. The molecule has 2 N–H and O–H groups in total. The molecule has 0 atom stereocenters. The molecule has 6 nitrogen and oxygen atoms in total. The fourth-order valence-corrected chi connectivity index (χ4v) is 3.20. The summed E-state index contributed by atoms with van der Waals surface area (Å²) in [5.41, 5.74) is 3.70. The van der Waals surface area contributed by atoms with E-state index >= 15 is 0 Å². The van der Waals surface area contributed by atoms with Crippen LogP contribution in [0.5, 0.6) is 0 Å². The minimum absolute atomic E-state index is 0.309. The first kappa shape index (κ1) is 18.6. The fourth-order valence-electron chi connectivity index (χ4n) is 2.64. The molecule has 1 heterocycles. The number of hydrogen-bond donors (Lipinski definition) is 2. The molecule has 0 aliphatic rings. The van der Waals surface area contributed by atoms with E-state index < -0.39 is 10.0 Å². The fraction of sp³-hybridized carbons (Fsp3) is 0.100. The highest BCUT2D eigenvalue weighted by Gasteiger charge is 2.12. The highest BCUT2D eigenvalue weighted by atomic mass is 32.2. The Hall–Kier alpha value is -3.19. The van der Waals surface area contributed by atoms with E-state index in [9.17, 15) is 13.2 Å². The summed E-state index contributed by atoms with van der Waals surface area (Å²) in [5, 5.41) is 2.77. The van der Waals surface area contributed by atoms with Gasteiger partial charge in [0.25, 0.3) is 5.91 Å². The Bertz CT molecular complexity index is 1080. The maximum atomic E-state index is 12.6. The first-order valence-corrected chi connectivity index (χ1v) is 10.1. The van der Waals surface area contributed by atoms with E-state index in [4.69, 9.17) is 0 Å². The van der Waals surface area contributed by atoms with Crippen molar-refractivity contribution in [3.05, 3.63) is 78.0 Å². The predicted octanol–water partition coefficient (Wildman–Crippen LogP) is 3.68. The number of pyridine rings is 1. The van der Waals surface area contributed by atoms with Gasteiger partial charge < -0.3 is 5.32 Å². The Labute approximate surface area is 158 Å². The lowest BCUT2D eigenvalue weighted by Crippen LogP contribution is -2.15. The number of nitrogens with one attached hydrogen (secondary N) is 2. The number of carbonyl (C=O) groups is 1. The molecule has 0 unspecified atom stereocenters.